The monoisotopic (exact) mass is 263 g/mol. The Bertz CT molecular complexity index is 333. The lowest BCUT2D eigenvalue weighted by Gasteiger charge is -2.10. The van der Waals surface area contributed by atoms with Gasteiger partial charge in [0, 0.05) is 6.54 Å². The van der Waals surface area contributed by atoms with Crippen LogP contribution in [0.2, 0.25) is 0 Å². The van der Waals surface area contributed by atoms with Crippen LogP contribution in [0, 0.1) is 0 Å². The molecule has 0 aliphatic heterocycles. The smallest absolute Gasteiger partial charge is 0.172 e. The van der Waals surface area contributed by atoms with Gasteiger partial charge < -0.3 is 15.6 Å². The second kappa shape index (κ2) is 4.61. The summed E-state index contributed by atoms with van der Waals surface area (Å²) >= 11 is 3.10. The molecule has 0 bridgehead atoms. The Morgan fingerprint density at radius 3 is 2.79 bits per heavy atom. The van der Waals surface area contributed by atoms with Crippen molar-refractivity contribution < 1.29 is 14.2 Å². The molecule has 3 N–H and O–H groups in total. The van der Waals surface area contributed by atoms with Crippen molar-refractivity contribution in [3.63, 3.8) is 0 Å². The quantitative estimate of drug-likeness (QED) is 0.879. The molecule has 0 spiro atoms. The van der Waals surface area contributed by atoms with Gasteiger partial charge >= 0.3 is 0 Å². The van der Waals surface area contributed by atoms with Crippen molar-refractivity contribution in [3.05, 3.63) is 22.2 Å². The average molecular weight is 264 g/mol. The Kier molecular flexibility index (Phi) is 3.71. The summed E-state index contributed by atoms with van der Waals surface area (Å²) in [7, 11) is 1.40. The zero-order valence-corrected chi connectivity index (χ0v) is 9.21. The Hall–Kier alpha value is -0.810. The van der Waals surface area contributed by atoms with E-state index >= 15 is 0 Å². The minimum atomic E-state index is -1.25. The molecule has 0 fully saturated rings. The molecule has 1 unspecified atom stereocenters. The lowest BCUT2D eigenvalue weighted by molar-refractivity contribution is 0.344. The van der Waals surface area contributed by atoms with Crippen molar-refractivity contribution in [2.45, 2.75) is 6.17 Å². The molecule has 5 heteroatoms. The molecule has 0 aliphatic carbocycles. The number of ether oxygens (including phenoxy) is 1. The standard InChI is InChI=1S/C9H11BrFNO2/c1-14-8-3-5(7(11)4-12)2-6(10)9(8)13/h2-3,7,13H,4,12H2,1H3. The van der Waals surface area contributed by atoms with Gasteiger partial charge in [0.2, 0.25) is 0 Å². The number of halogens is 2. The molecule has 1 aromatic rings. The van der Waals surface area contributed by atoms with E-state index in [1.54, 1.807) is 0 Å². The maximum absolute atomic E-state index is 13.2. The first kappa shape index (κ1) is 11.3. The van der Waals surface area contributed by atoms with Crippen molar-refractivity contribution in [2.24, 2.45) is 5.73 Å². The molecule has 0 saturated carbocycles. The molecule has 0 radical (unpaired) electrons. The number of aromatic hydroxyl groups is 1. The summed E-state index contributed by atoms with van der Waals surface area (Å²) in [5.74, 6) is 0.186. The zero-order chi connectivity index (χ0) is 10.7. The SMILES string of the molecule is COc1cc(C(F)CN)cc(Br)c1O. The van der Waals surface area contributed by atoms with Crippen LogP contribution in [-0.4, -0.2) is 18.8 Å². The third-order valence-electron chi connectivity index (χ3n) is 1.84. The summed E-state index contributed by atoms with van der Waals surface area (Å²) in [5.41, 5.74) is 5.57. The van der Waals surface area contributed by atoms with E-state index in [9.17, 15) is 9.50 Å². The molecule has 0 amide bonds. The second-order valence-electron chi connectivity index (χ2n) is 2.76. The van der Waals surface area contributed by atoms with Gasteiger partial charge in [-0.05, 0) is 33.6 Å². The van der Waals surface area contributed by atoms with E-state index in [2.05, 4.69) is 15.9 Å². The summed E-state index contributed by atoms with van der Waals surface area (Å²) in [6.07, 6.45) is -1.25. The van der Waals surface area contributed by atoms with E-state index in [4.69, 9.17) is 10.5 Å². The van der Waals surface area contributed by atoms with Gasteiger partial charge in [-0.1, -0.05) is 0 Å². The number of hydrogen-bond acceptors (Lipinski definition) is 3. The third kappa shape index (κ3) is 2.16. The zero-order valence-electron chi connectivity index (χ0n) is 7.63. The summed E-state index contributed by atoms with van der Waals surface area (Å²) in [4.78, 5) is 0. The van der Waals surface area contributed by atoms with E-state index in [1.807, 2.05) is 0 Å². The van der Waals surface area contributed by atoms with Gasteiger partial charge in [-0.25, -0.2) is 4.39 Å². The minimum absolute atomic E-state index is 0.0412. The summed E-state index contributed by atoms with van der Waals surface area (Å²) in [6.45, 7) is -0.0969. The van der Waals surface area contributed by atoms with Crippen molar-refractivity contribution in [2.75, 3.05) is 13.7 Å². The van der Waals surface area contributed by atoms with Crippen LogP contribution in [0.15, 0.2) is 16.6 Å². The second-order valence-corrected chi connectivity index (χ2v) is 3.61. The third-order valence-corrected chi connectivity index (χ3v) is 2.44. The molecule has 0 aliphatic rings. The van der Waals surface area contributed by atoms with Crippen molar-refractivity contribution in [3.8, 4) is 11.5 Å². The first-order valence-electron chi connectivity index (χ1n) is 4.00. The van der Waals surface area contributed by atoms with E-state index in [0.717, 1.165) is 0 Å². The first-order chi connectivity index (χ1) is 6.60. The van der Waals surface area contributed by atoms with Gasteiger partial charge in [-0.3, -0.25) is 0 Å². The molecule has 3 nitrogen and oxygen atoms in total. The average Bonchev–Trinajstić information content (AvgIpc) is 2.20. The Balaban J connectivity index is 3.16. The fraction of sp³-hybridized carbons (Fsp3) is 0.333. The van der Waals surface area contributed by atoms with Gasteiger partial charge in [0.05, 0.1) is 11.6 Å². The highest BCUT2D eigenvalue weighted by molar-refractivity contribution is 9.10. The molecule has 0 aromatic heterocycles. The first-order valence-corrected chi connectivity index (χ1v) is 4.80. The van der Waals surface area contributed by atoms with Gasteiger partial charge in [0.1, 0.15) is 6.17 Å². The summed E-state index contributed by atoms with van der Waals surface area (Å²) in [6, 6.07) is 2.91. The highest BCUT2D eigenvalue weighted by Gasteiger charge is 2.14. The molecular formula is C9H11BrFNO2. The molecule has 1 atom stereocenters. The van der Waals surface area contributed by atoms with Gasteiger partial charge in [0.25, 0.3) is 0 Å². The van der Waals surface area contributed by atoms with Crippen LogP contribution in [0.25, 0.3) is 0 Å². The fourth-order valence-electron chi connectivity index (χ4n) is 1.07. The largest absolute Gasteiger partial charge is 0.503 e. The van der Waals surface area contributed by atoms with Gasteiger partial charge in [-0.2, -0.15) is 0 Å². The molecule has 78 valence electrons. The Morgan fingerprint density at radius 1 is 1.64 bits per heavy atom. The van der Waals surface area contributed by atoms with Crippen molar-refractivity contribution in [1.82, 2.24) is 0 Å². The topological polar surface area (TPSA) is 55.5 Å². The predicted octanol–water partition coefficient (Wildman–Crippen LogP) is 2.13. The summed E-state index contributed by atoms with van der Waals surface area (Å²) in [5, 5.41) is 9.45. The number of methoxy groups -OCH3 is 1. The molecule has 0 heterocycles. The lowest BCUT2D eigenvalue weighted by atomic mass is 10.1. The Labute approximate surface area is 89.8 Å². The molecular weight excluding hydrogens is 253 g/mol. The number of phenols is 1. The molecule has 14 heavy (non-hydrogen) atoms. The predicted molar refractivity (Wildman–Crippen MR) is 55.3 cm³/mol. The van der Waals surface area contributed by atoms with Crippen molar-refractivity contribution in [1.29, 1.82) is 0 Å². The van der Waals surface area contributed by atoms with E-state index in [1.165, 1.54) is 19.2 Å². The lowest BCUT2D eigenvalue weighted by Crippen LogP contribution is -2.07. The van der Waals surface area contributed by atoms with Crippen LogP contribution in [0.1, 0.15) is 11.7 Å². The van der Waals surface area contributed by atoms with Crippen LogP contribution < -0.4 is 10.5 Å². The fourth-order valence-corrected chi connectivity index (χ4v) is 1.53. The number of phenolic OH excluding ortho intramolecular Hbond substituents is 1. The number of nitrogens with two attached hydrogens (primary N) is 1. The van der Waals surface area contributed by atoms with Gasteiger partial charge in [0.15, 0.2) is 11.5 Å². The minimum Gasteiger partial charge on any atom is -0.503 e. The Morgan fingerprint density at radius 2 is 2.29 bits per heavy atom. The highest BCUT2D eigenvalue weighted by Crippen LogP contribution is 2.37. The number of hydrogen-bond donors (Lipinski definition) is 2. The highest BCUT2D eigenvalue weighted by atomic mass is 79.9. The van der Waals surface area contributed by atoms with E-state index in [0.29, 0.717) is 10.0 Å². The number of benzene rings is 1. The van der Waals surface area contributed by atoms with Gasteiger partial charge in [-0.15, -0.1) is 0 Å². The van der Waals surface area contributed by atoms with Crippen LogP contribution in [0.5, 0.6) is 11.5 Å². The number of rotatable bonds is 3. The van der Waals surface area contributed by atoms with Crippen LogP contribution >= 0.6 is 15.9 Å². The van der Waals surface area contributed by atoms with E-state index in [-0.39, 0.29) is 18.0 Å². The van der Waals surface area contributed by atoms with Crippen molar-refractivity contribution >= 4 is 15.9 Å². The molecule has 1 aromatic carbocycles. The summed E-state index contributed by atoms with van der Waals surface area (Å²) < 4.78 is 18.5. The van der Waals surface area contributed by atoms with E-state index < -0.39 is 6.17 Å². The normalized spacial score (nSPS) is 12.6. The maximum Gasteiger partial charge on any atom is 0.172 e. The van der Waals surface area contributed by atoms with Crippen LogP contribution in [0.4, 0.5) is 4.39 Å². The molecule has 1 rings (SSSR count). The number of alkyl halides is 1. The maximum atomic E-state index is 13.2. The molecule has 0 saturated heterocycles. The van der Waals surface area contributed by atoms with Crippen LogP contribution in [-0.2, 0) is 0 Å². The van der Waals surface area contributed by atoms with Crippen LogP contribution in [0.3, 0.4) is 0 Å².